The molecule has 0 unspecified atom stereocenters. The van der Waals surface area contributed by atoms with Crippen molar-refractivity contribution in [2.45, 2.75) is 18.9 Å². The molecule has 15 heavy (non-hydrogen) atoms. The lowest BCUT2D eigenvalue weighted by atomic mass is 10.0. The maximum Gasteiger partial charge on any atom is 0.338 e. The van der Waals surface area contributed by atoms with E-state index in [1.807, 2.05) is 0 Å². The molecule has 1 aromatic carbocycles. The Balaban J connectivity index is 2.39. The summed E-state index contributed by atoms with van der Waals surface area (Å²) in [7, 11) is 0. The van der Waals surface area contributed by atoms with Gasteiger partial charge in [-0.1, -0.05) is 12.1 Å². The van der Waals surface area contributed by atoms with Crippen molar-refractivity contribution in [1.29, 1.82) is 0 Å². The minimum Gasteiger partial charge on any atom is -0.478 e. The van der Waals surface area contributed by atoms with Gasteiger partial charge in [0.2, 0.25) is 0 Å². The van der Waals surface area contributed by atoms with Crippen molar-refractivity contribution in [2.24, 2.45) is 0 Å². The molecule has 80 valence electrons. The van der Waals surface area contributed by atoms with Gasteiger partial charge in [-0.25, -0.2) is 9.18 Å². The Morgan fingerprint density at radius 2 is 2.33 bits per heavy atom. The minimum atomic E-state index is -1.22. The van der Waals surface area contributed by atoms with E-state index in [2.05, 4.69) is 5.32 Å². The number of benzene rings is 1. The van der Waals surface area contributed by atoms with E-state index >= 15 is 0 Å². The number of nitrogens with one attached hydrogen (secondary N) is 1. The summed E-state index contributed by atoms with van der Waals surface area (Å²) in [6.45, 7) is 0.863. The second-order valence-electron chi connectivity index (χ2n) is 3.66. The zero-order chi connectivity index (χ0) is 10.8. The van der Waals surface area contributed by atoms with Gasteiger partial charge < -0.3 is 10.4 Å². The number of carbonyl (C=O) groups is 1. The minimum absolute atomic E-state index is 0.0377. The fourth-order valence-electron chi connectivity index (χ4n) is 1.93. The van der Waals surface area contributed by atoms with Crippen molar-refractivity contribution in [3.05, 3.63) is 35.1 Å². The highest BCUT2D eigenvalue weighted by molar-refractivity contribution is 5.88. The van der Waals surface area contributed by atoms with Gasteiger partial charge in [-0.2, -0.15) is 0 Å². The van der Waals surface area contributed by atoms with Gasteiger partial charge in [0, 0.05) is 11.6 Å². The van der Waals surface area contributed by atoms with Crippen LogP contribution in [0.5, 0.6) is 0 Å². The maximum atomic E-state index is 13.8. The van der Waals surface area contributed by atoms with Crippen molar-refractivity contribution < 1.29 is 14.3 Å². The third-order valence-corrected chi connectivity index (χ3v) is 2.69. The molecule has 1 heterocycles. The first-order valence-electron chi connectivity index (χ1n) is 4.95. The van der Waals surface area contributed by atoms with Crippen LogP contribution in [-0.4, -0.2) is 17.6 Å². The van der Waals surface area contributed by atoms with E-state index in [1.165, 1.54) is 6.07 Å². The molecule has 2 rings (SSSR count). The van der Waals surface area contributed by atoms with E-state index in [0.717, 1.165) is 19.4 Å². The van der Waals surface area contributed by atoms with Crippen molar-refractivity contribution in [2.75, 3.05) is 6.54 Å². The molecule has 0 bridgehead atoms. The summed E-state index contributed by atoms with van der Waals surface area (Å²) < 4.78 is 13.8. The van der Waals surface area contributed by atoms with Gasteiger partial charge >= 0.3 is 5.97 Å². The molecule has 0 spiro atoms. The van der Waals surface area contributed by atoms with Crippen LogP contribution in [0.4, 0.5) is 4.39 Å². The lowest BCUT2D eigenvalue weighted by Gasteiger charge is -2.12. The van der Waals surface area contributed by atoms with E-state index in [-0.39, 0.29) is 11.6 Å². The standard InChI is InChI=1S/C11H12FNO2/c12-10-7(9-5-2-6-13-9)3-1-4-8(10)11(14)15/h1,3-4,9,13H,2,5-6H2,(H,14,15)/t9-/m1/s1. The molecule has 4 heteroatoms. The van der Waals surface area contributed by atoms with Crippen molar-refractivity contribution in [3.63, 3.8) is 0 Å². The van der Waals surface area contributed by atoms with Crippen LogP contribution >= 0.6 is 0 Å². The molecule has 1 saturated heterocycles. The first-order chi connectivity index (χ1) is 7.20. The zero-order valence-corrected chi connectivity index (χ0v) is 8.16. The Bertz CT molecular complexity index is 386. The van der Waals surface area contributed by atoms with E-state index in [0.29, 0.717) is 5.56 Å². The largest absolute Gasteiger partial charge is 0.478 e. The number of carboxylic acids is 1. The second-order valence-corrected chi connectivity index (χ2v) is 3.66. The predicted octanol–water partition coefficient (Wildman–Crippen LogP) is 1.95. The summed E-state index contributed by atoms with van der Waals surface area (Å²) in [5.74, 6) is -1.82. The summed E-state index contributed by atoms with van der Waals surface area (Å²) in [5, 5.41) is 11.9. The summed E-state index contributed by atoms with van der Waals surface area (Å²) in [6.07, 6.45) is 1.86. The van der Waals surface area contributed by atoms with Gasteiger partial charge in [0.05, 0.1) is 5.56 Å². The molecule has 1 fully saturated rings. The van der Waals surface area contributed by atoms with Gasteiger partial charge in [0.15, 0.2) is 0 Å². The second kappa shape index (κ2) is 3.98. The van der Waals surface area contributed by atoms with E-state index in [1.54, 1.807) is 12.1 Å². The third-order valence-electron chi connectivity index (χ3n) is 2.69. The monoisotopic (exact) mass is 209 g/mol. The molecule has 1 atom stereocenters. The molecule has 3 nitrogen and oxygen atoms in total. The van der Waals surface area contributed by atoms with E-state index < -0.39 is 11.8 Å². The predicted molar refractivity (Wildman–Crippen MR) is 53.3 cm³/mol. The molecule has 1 aliphatic heterocycles. The average molecular weight is 209 g/mol. The number of rotatable bonds is 2. The summed E-state index contributed by atoms with van der Waals surface area (Å²) in [5.41, 5.74) is 0.216. The quantitative estimate of drug-likeness (QED) is 0.782. The van der Waals surface area contributed by atoms with Crippen LogP contribution in [-0.2, 0) is 0 Å². The molecular weight excluding hydrogens is 197 g/mol. The fourth-order valence-corrected chi connectivity index (χ4v) is 1.93. The molecule has 0 saturated carbocycles. The van der Waals surface area contributed by atoms with Gasteiger partial charge in [0.25, 0.3) is 0 Å². The van der Waals surface area contributed by atoms with Crippen molar-refractivity contribution in [3.8, 4) is 0 Å². The lowest BCUT2D eigenvalue weighted by Crippen LogP contribution is -2.16. The summed E-state index contributed by atoms with van der Waals surface area (Å²) in [6, 6.07) is 4.48. The van der Waals surface area contributed by atoms with E-state index in [4.69, 9.17) is 5.11 Å². The van der Waals surface area contributed by atoms with Gasteiger partial charge in [-0.3, -0.25) is 0 Å². The number of halogens is 1. The van der Waals surface area contributed by atoms with Crippen LogP contribution in [0.2, 0.25) is 0 Å². The van der Waals surface area contributed by atoms with E-state index in [9.17, 15) is 9.18 Å². The highest BCUT2D eigenvalue weighted by atomic mass is 19.1. The normalized spacial score (nSPS) is 20.5. The van der Waals surface area contributed by atoms with Crippen LogP contribution in [0.25, 0.3) is 0 Å². The lowest BCUT2D eigenvalue weighted by molar-refractivity contribution is 0.0691. The number of aromatic carboxylic acids is 1. The fraction of sp³-hybridized carbons (Fsp3) is 0.364. The summed E-state index contributed by atoms with van der Waals surface area (Å²) >= 11 is 0. The average Bonchev–Trinajstić information content (AvgIpc) is 2.70. The molecule has 1 aromatic rings. The van der Waals surface area contributed by atoms with Crippen LogP contribution in [0.3, 0.4) is 0 Å². The van der Waals surface area contributed by atoms with Gasteiger partial charge in [0.1, 0.15) is 5.82 Å². The highest BCUT2D eigenvalue weighted by Crippen LogP contribution is 2.26. The Labute approximate surface area is 86.9 Å². The Hall–Kier alpha value is -1.42. The Kier molecular flexibility index (Phi) is 2.68. The first-order valence-corrected chi connectivity index (χ1v) is 4.95. The van der Waals surface area contributed by atoms with Crippen molar-refractivity contribution >= 4 is 5.97 Å². The number of hydrogen-bond donors (Lipinski definition) is 2. The molecule has 0 amide bonds. The molecular formula is C11H12FNO2. The third kappa shape index (κ3) is 1.85. The molecule has 2 N–H and O–H groups in total. The maximum absolute atomic E-state index is 13.8. The van der Waals surface area contributed by atoms with Crippen LogP contribution in [0.1, 0.15) is 34.8 Å². The number of carboxylic acid groups (broad SMARTS) is 1. The zero-order valence-electron chi connectivity index (χ0n) is 8.16. The van der Waals surface area contributed by atoms with Crippen LogP contribution in [0.15, 0.2) is 18.2 Å². The Morgan fingerprint density at radius 1 is 1.53 bits per heavy atom. The molecule has 0 aromatic heterocycles. The topological polar surface area (TPSA) is 49.3 Å². The Morgan fingerprint density at radius 3 is 2.93 bits per heavy atom. The summed E-state index contributed by atoms with van der Waals surface area (Å²) in [4.78, 5) is 10.7. The van der Waals surface area contributed by atoms with Gasteiger partial charge in [-0.05, 0) is 25.5 Å². The molecule has 0 radical (unpaired) electrons. The molecule has 1 aliphatic rings. The van der Waals surface area contributed by atoms with Crippen LogP contribution in [0, 0.1) is 5.82 Å². The number of hydrogen-bond acceptors (Lipinski definition) is 2. The SMILES string of the molecule is O=C(O)c1cccc([C@H]2CCCN2)c1F. The highest BCUT2D eigenvalue weighted by Gasteiger charge is 2.22. The van der Waals surface area contributed by atoms with Gasteiger partial charge in [-0.15, -0.1) is 0 Å². The van der Waals surface area contributed by atoms with Crippen molar-refractivity contribution in [1.82, 2.24) is 5.32 Å². The molecule has 0 aliphatic carbocycles. The first kappa shape index (κ1) is 10.1. The smallest absolute Gasteiger partial charge is 0.338 e. The van der Waals surface area contributed by atoms with Crippen LogP contribution < -0.4 is 5.32 Å².